The largest absolute Gasteiger partial charge is 0.392 e. The van der Waals surface area contributed by atoms with Crippen LogP contribution in [-0.2, 0) is 16.6 Å². The van der Waals surface area contributed by atoms with Crippen molar-refractivity contribution in [2.45, 2.75) is 51.7 Å². The lowest BCUT2D eigenvalue weighted by Gasteiger charge is -2.17. The van der Waals surface area contributed by atoms with Crippen molar-refractivity contribution in [3.05, 3.63) is 29.1 Å². The molecule has 0 fully saturated rings. The second kappa shape index (κ2) is 6.65. The molecule has 20 heavy (non-hydrogen) atoms. The summed E-state index contributed by atoms with van der Waals surface area (Å²) in [6, 6.07) is 2.22. The van der Waals surface area contributed by atoms with Gasteiger partial charge in [0.05, 0.1) is 11.5 Å². The van der Waals surface area contributed by atoms with Gasteiger partial charge in [-0.2, -0.15) is 0 Å². The van der Waals surface area contributed by atoms with Crippen molar-refractivity contribution >= 4 is 10.0 Å². The average Bonchev–Trinajstić information content (AvgIpc) is 2.30. The first-order valence-corrected chi connectivity index (χ1v) is 8.08. The van der Waals surface area contributed by atoms with E-state index in [9.17, 15) is 12.8 Å². The molecule has 0 aliphatic carbocycles. The van der Waals surface area contributed by atoms with Crippen molar-refractivity contribution in [3.8, 4) is 0 Å². The Bertz CT molecular complexity index is 570. The molecule has 0 bridgehead atoms. The molecule has 4 nitrogen and oxygen atoms in total. The quantitative estimate of drug-likeness (QED) is 0.847. The molecule has 114 valence electrons. The molecule has 0 amide bonds. The lowest BCUT2D eigenvalue weighted by Crippen LogP contribution is -2.34. The minimum absolute atomic E-state index is 0.0615. The zero-order chi connectivity index (χ0) is 15.5. The SMILES string of the molecule is Cc1c(F)cc(CO)cc1S(=O)(=O)NC(C)CC(C)C. The van der Waals surface area contributed by atoms with Gasteiger partial charge >= 0.3 is 0 Å². The fourth-order valence-electron chi connectivity index (χ4n) is 2.16. The highest BCUT2D eigenvalue weighted by atomic mass is 32.2. The van der Waals surface area contributed by atoms with Gasteiger partial charge in [0.1, 0.15) is 5.82 Å². The highest BCUT2D eigenvalue weighted by Crippen LogP contribution is 2.21. The number of hydrogen-bond acceptors (Lipinski definition) is 3. The molecule has 1 unspecified atom stereocenters. The van der Waals surface area contributed by atoms with Crippen molar-refractivity contribution < 1.29 is 17.9 Å². The summed E-state index contributed by atoms with van der Waals surface area (Å²) in [5.41, 5.74) is 0.302. The molecule has 0 heterocycles. The molecule has 0 aliphatic rings. The second-order valence-corrected chi connectivity index (χ2v) is 7.19. The number of sulfonamides is 1. The van der Waals surface area contributed by atoms with Crippen LogP contribution in [0.1, 0.15) is 38.3 Å². The van der Waals surface area contributed by atoms with Crippen LogP contribution in [0.3, 0.4) is 0 Å². The third-order valence-electron chi connectivity index (χ3n) is 3.01. The fourth-order valence-corrected chi connectivity index (χ4v) is 3.72. The molecule has 0 radical (unpaired) electrons. The van der Waals surface area contributed by atoms with E-state index in [1.807, 2.05) is 13.8 Å². The Morgan fingerprint density at radius 3 is 2.40 bits per heavy atom. The van der Waals surface area contributed by atoms with E-state index in [0.717, 1.165) is 6.07 Å². The van der Waals surface area contributed by atoms with Gasteiger partial charge in [-0.05, 0) is 43.9 Å². The predicted octanol–water partition coefficient (Wildman–Crippen LogP) is 2.34. The van der Waals surface area contributed by atoms with E-state index in [1.165, 1.54) is 13.0 Å². The molecule has 1 aromatic rings. The zero-order valence-electron chi connectivity index (χ0n) is 12.3. The van der Waals surface area contributed by atoms with Gasteiger partial charge in [-0.15, -0.1) is 0 Å². The number of rotatable bonds is 6. The number of hydrogen-bond donors (Lipinski definition) is 2. The first kappa shape index (κ1) is 17.1. The van der Waals surface area contributed by atoms with E-state index in [4.69, 9.17) is 5.11 Å². The molecule has 0 saturated carbocycles. The average molecular weight is 303 g/mol. The highest BCUT2D eigenvalue weighted by Gasteiger charge is 2.22. The molecular formula is C14H22FNO3S. The maximum atomic E-state index is 13.7. The van der Waals surface area contributed by atoms with Crippen molar-refractivity contribution in [1.82, 2.24) is 4.72 Å². The maximum absolute atomic E-state index is 13.7. The zero-order valence-corrected chi connectivity index (χ0v) is 13.1. The summed E-state index contributed by atoms with van der Waals surface area (Å²) in [4.78, 5) is -0.114. The van der Waals surface area contributed by atoms with Crippen LogP contribution in [0.2, 0.25) is 0 Å². The van der Waals surface area contributed by atoms with Crippen LogP contribution < -0.4 is 4.72 Å². The molecule has 6 heteroatoms. The van der Waals surface area contributed by atoms with Crippen molar-refractivity contribution in [2.75, 3.05) is 0 Å². The maximum Gasteiger partial charge on any atom is 0.241 e. The summed E-state index contributed by atoms with van der Waals surface area (Å²) in [7, 11) is -3.79. The van der Waals surface area contributed by atoms with Crippen LogP contribution in [0, 0.1) is 18.7 Å². The summed E-state index contributed by atoms with van der Waals surface area (Å²) in [5.74, 6) is -0.275. The highest BCUT2D eigenvalue weighted by molar-refractivity contribution is 7.89. The van der Waals surface area contributed by atoms with Crippen LogP contribution in [0.25, 0.3) is 0 Å². The van der Waals surface area contributed by atoms with Gasteiger partial charge in [-0.3, -0.25) is 0 Å². The van der Waals surface area contributed by atoms with Crippen LogP contribution in [-0.4, -0.2) is 19.6 Å². The standard InChI is InChI=1S/C14H22FNO3S/c1-9(2)5-10(3)16-20(18,19)14-7-12(8-17)6-13(15)11(14)4/h6-7,9-10,16-17H,5,8H2,1-4H3. The summed E-state index contributed by atoms with van der Waals surface area (Å²) in [6.45, 7) is 6.79. The van der Waals surface area contributed by atoms with Crippen LogP contribution in [0.5, 0.6) is 0 Å². The van der Waals surface area contributed by atoms with Crippen LogP contribution >= 0.6 is 0 Å². The van der Waals surface area contributed by atoms with Gasteiger partial charge in [0.2, 0.25) is 10.0 Å². The number of nitrogens with one attached hydrogen (secondary N) is 1. The number of aliphatic hydroxyl groups is 1. The van der Waals surface area contributed by atoms with Gasteiger partial charge in [0.25, 0.3) is 0 Å². The third kappa shape index (κ3) is 4.26. The molecule has 0 aromatic heterocycles. The van der Waals surface area contributed by atoms with Gasteiger partial charge < -0.3 is 5.11 Å². The van der Waals surface area contributed by atoms with Crippen LogP contribution in [0.15, 0.2) is 17.0 Å². The van der Waals surface area contributed by atoms with Crippen molar-refractivity contribution in [3.63, 3.8) is 0 Å². The number of halogens is 1. The monoisotopic (exact) mass is 303 g/mol. The first-order chi connectivity index (χ1) is 9.17. The van der Waals surface area contributed by atoms with Crippen molar-refractivity contribution in [1.29, 1.82) is 0 Å². The molecule has 0 spiro atoms. The van der Waals surface area contributed by atoms with Gasteiger partial charge in [0, 0.05) is 11.6 Å². The van der Waals surface area contributed by atoms with Crippen LogP contribution in [0.4, 0.5) is 4.39 Å². The van der Waals surface area contributed by atoms with E-state index < -0.39 is 22.4 Å². The smallest absolute Gasteiger partial charge is 0.241 e. The number of benzene rings is 1. The molecule has 0 aliphatic heterocycles. The topological polar surface area (TPSA) is 66.4 Å². The molecular weight excluding hydrogens is 281 g/mol. The molecule has 1 rings (SSSR count). The normalized spacial score (nSPS) is 13.8. The number of aliphatic hydroxyl groups excluding tert-OH is 1. The third-order valence-corrected chi connectivity index (χ3v) is 4.73. The summed E-state index contributed by atoms with van der Waals surface area (Å²) in [6.07, 6.45) is 0.695. The van der Waals surface area contributed by atoms with E-state index in [2.05, 4.69) is 4.72 Å². The molecule has 0 saturated heterocycles. The van der Waals surface area contributed by atoms with E-state index >= 15 is 0 Å². The Morgan fingerprint density at radius 1 is 1.30 bits per heavy atom. The van der Waals surface area contributed by atoms with E-state index in [1.54, 1.807) is 6.92 Å². The van der Waals surface area contributed by atoms with Gasteiger partial charge in [-0.25, -0.2) is 17.5 Å². The lowest BCUT2D eigenvalue weighted by molar-refractivity contribution is 0.281. The van der Waals surface area contributed by atoms with E-state index in [-0.39, 0.29) is 22.1 Å². The Kier molecular flexibility index (Phi) is 5.68. The second-order valence-electron chi connectivity index (χ2n) is 5.51. The predicted molar refractivity (Wildman–Crippen MR) is 76.3 cm³/mol. The molecule has 1 atom stereocenters. The van der Waals surface area contributed by atoms with Gasteiger partial charge in [-0.1, -0.05) is 13.8 Å². The van der Waals surface area contributed by atoms with Gasteiger partial charge in [0.15, 0.2) is 0 Å². The minimum Gasteiger partial charge on any atom is -0.392 e. The summed E-state index contributed by atoms with van der Waals surface area (Å²) in [5, 5.41) is 9.06. The fraction of sp³-hybridized carbons (Fsp3) is 0.571. The Morgan fingerprint density at radius 2 is 1.90 bits per heavy atom. The minimum atomic E-state index is -3.79. The molecule has 1 aromatic carbocycles. The Hall–Kier alpha value is -0.980. The summed E-state index contributed by atoms with van der Waals surface area (Å²) < 4.78 is 40.9. The Balaban J connectivity index is 3.12. The first-order valence-electron chi connectivity index (χ1n) is 6.59. The summed E-state index contributed by atoms with van der Waals surface area (Å²) >= 11 is 0. The molecule has 2 N–H and O–H groups in total. The lowest BCUT2D eigenvalue weighted by atomic mass is 10.1. The van der Waals surface area contributed by atoms with Crippen molar-refractivity contribution in [2.24, 2.45) is 5.92 Å². The van der Waals surface area contributed by atoms with E-state index in [0.29, 0.717) is 12.3 Å². The Labute approximate surface area is 120 Å².